The van der Waals surface area contributed by atoms with Crippen LogP contribution in [0.1, 0.15) is 11.4 Å². The summed E-state index contributed by atoms with van der Waals surface area (Å²) >= 11 is 0. The highest BCUT2D eigenvalue weighted by Crippen LogP contribution is 2.34. The molecule has 1 aliphatic rings. The third kappa shape index (κ3) is 3.20. The minimum absolute atomic E-state index is 0.114. The number of hydrogen-bond donors (Lipinski definition) is 2. The number of anilines is 2. The van der Waals surface area contributed by atoms with E-state index in [0.29, 0.717) is 59.1 Å². The molecule has 0 atom stereocenters. The van der Waals surface area contributed by atoms with Crippen LogP contribution in [-0.2, 0) is 11.2 Å². The molecule has 4 aromatic rings. The highest BCUT2D eigenvalue weighted by Gasteiger charge is 2.19. The van der Waals surface area contributed by atoms with Crippen molar-refractivity contribution in [3.63, 3.8) is 0 Å². The summed E-state index contributed by atoms with van der Waals surface area (Å²) in [5, 5.41) is 8.13. The van der Waals surface area contributed by atoms with E-state index in [1.807, 2.05) is 18.2 Å². The van der Waals surface area contributed by atoms with Gasteiger partial charge in [0, 0.05) is 26.1 Å². The van der Waals surface area contributed by atoms with Crippen molar-refractivity contribution in [2.24, 2.45) is 0 Å². The van der Waals surface area contributed by atoms with Gasteiger partial charge in [0.1, 0.15) is 11.6 Å². The van der Waals surface area contributed by atoms with Gasteiger partial charge in [0.25, 0.3) is 0 Å². The van der Waals surface area contributed by atoms with Gasteiger partial charge in [-0.15, -0.1) is 5.10 Å². The third-order valence-corrected chi connectivity index (χ3v) is 4.84. The predicted octanol–water partition coefficient (Wildman–Crippen LogP) is 2.38. The lowest BCUT2D eigenvalue weighted by molar-refractivity contribution is 0.174. The van der Waals surface area contributed by atoms with Crippen LogP contribution in [0.3, 0.4) is 0 Å². The molecular formula is C20H19FN6O3. The molecule has 0 aliphatic carbocycles. The smallest absolute Gasteiger partial charge is 0.240 e. The quantitative estimate of drug-likeness (QED) is 0.467. The number of ether oxygens (including phenoxy) is 3. The van der Waals surface area contributed by atoms with Crippen LogP contribution in [0.25, 0.3) is 16.6 Å². The Morgan fingerprint density at radius 3 is 2.93 bits per heavy atom. The van der Waals surface area contributed by atoms with Crippen LogP contribution in [0.2, 0.25) is 0 Å². The number of rotatable bonds is 6. The molecule has 3 N–H and O–H groups in total. The molecule has 30 heavy (non-hydrogen) atoms. The Balaban J connectivity index is 1.63. The zero-order valence-electron chi connectivity index (χ0n) is 16.2. The molecule has 0 amide bonds. The lowest BCUT2D eigenvalue weighted by Gasteiger charge is -2.12. The van der Waals surface area contributed by atoms with E-state index in [2.05, 4.69) is 20.4 Å². The number of nitrogens with two attached hydrogens (primary N) is 1. The van der Waals surface area contributed by atoms with Crippen molar-refractivity contribution < 1.29 is 18.6 Å². The molecule has 0 radical (unpaired) electrons. The Morgan fingerprint density at radius 1 is 1.20 bits per heavy atom. The first-order chi connectivity index (χ1) is 14.6. The monoisotopic (exact) mass is 410 g/mol. The zero-order valence-corrected chi connectivity index (χ0v) is 16.2. The van der Waals surface area contributed by atoms with Crippen molar-refractivity contribution >= 4 is 28.2 Å². The molecule has 0 saturated carbocycles. The number of nitrogen functional groups attached to an aromatic ring is 1. The Kier molecular flexibility index (Phi) is 4.47. The molecule has 3 heterocycles. The maximum Gasteiger partial charge on any atom is 0.240 e. The minimum Gasteiger partial charge on any atom is -0.454 e. The average molecular weight is 410 g/mol. The van der Waals surface area contributed by atoms with Crippen molar-refractivity contribution in [3.05, 3.63) is 47.5 Å². The summed E-state index contributed by atoms with van der Waals surface area (Å²) in [7, 11) is 1.60. The van der Waals surface area contributed by atoms with Gasteiger partial charge >= 0.3 is 0 Å². The summed E-state index contributed by atoms with van der Waals surface area (Å²) < 4.78 is 31.8. The first kappa shape index (κ1) is 18.4. The topological polar surface area (TPSA) is 109 Å². The van der Waals surface area contributed by atoms with Crippen molar-refractivity contribution in [3.8, 4) is 11.5 Å². The number of methoxy groups -OCH3 is 1. The molecule has 0 unspecified atom stereocenters. The second-order valence-corrected chi connectivity index (χ2v) is 6.86. The van der Waals surface area contributed by atoms with Crippen LogP contribution in [0.4, 0.5) is 16.0 Å². The van der Waals surface area contributed by atoms with Crippen LogP contribution >= 0.6 is 0 Å². The lowest BCUT2D eigenvalue weighted by Crippen LogP contribution is -2.10. The summed E-state index contributed by atoms with van der Waals surface area (Å²) in [4.78, 5) is 9.05. The Bertz CT molecular complexity index is 1260. The van der Waals surface area contributed by atoms with Crippen molar-refractivity contribution in [1.29, 1.82) is 0 Å². The highest BCUT2D eigenvalue weighted by atomic mass is 19.1. The average Bonchev–Trinajstić information content (AvgIpc) is 3.33. The van der Waals surface area contributed by atoms with Crippen LogP contribution in [0, 0.1) is 5.82 Å². The normalized spacial score (nSPS) is 12.7. The molecular weight excluding hydrogens is 391 g/mol. The summed E-state index contributed by atoms with van der Waals surface area (Å²) in [6, 6.07) is 8.45. The number of aromatic nitrogens is 4. The van der Waals surface area contributed by atoms with Gasteiger partial charge in [0.15, 0.2) is 17.1 Å². The van der Waals surface area contributed by atoms with Gasteiger partial charge in [-0.3, -0.25) is 0 Å². The van der Waals surface area contributed by atoms with Gasteiger partial charge in [0.2, 0.25) is 12.7 Å². The molecule has 2 aromatic carbocycles. The van der Waals surface area contributed by atoms with E-state index in [1.54, 1.807) is 11.6 Å². The predicted molar refractivity (Wildman–Crippen MR) is 108 cm³/mol. The van der Waals surface area contributed by atoms with Crippen molar-refractivity contribution in [2.45, 2.75) is 6.42 Å². The molecule has 0 saturated heterocycles. The Hall–Kier alpha value is -3.66. The second-order valence-electron chi connectivity index (χ2n) is 6.86. The summed E-state index contributed by atoms with van der Waals surface area (Å²) in [5.74, 6) is 1.67. The SMILES string of the molecule is COCCNc1cc(F)cc2nc(Cc3ccc4c(c3)OCO4)n3nc(N)nc3c12. The molecule has 5 rings (SSSR count). The fourth-order valence-corrected chi connectivity index (χ4v) is 3.55. The van der Waals surface area contributed by atoms with Crippen LogP contribution in [0.5, 0.6) is 11.5 Å². The number of benzene rings is 2. The van der Waals surface area contributed by atoms with E-state index in [9.17, 15) is 4.39 Å². The largest absolute Gasteiger partial charge is 0.454 e. The first-order valence-corrected chi connectivity index (χ1v) is 9.38. The third-order valence-electron chi connectivity index (χ3n) is 4.84. The highest BCUT2D eigenvalue weighted by molar-refractivity contribution is 6.01. The maximum absolute atomic E-state index is 14.3. The molecule has 0 bridgehead atoms. The van der Waals surface area contributed by atoms with Gasteiger partial charge in [-0.1, -0.05) is 6.07 Å². The Labute approximate surface area is 170 Å². The summed E-state index contributed by atoms with van der Waals surface area (Å²) in [6.45, 7) is 1.18. The van der Waals surface area contributed by atoms with Crippen LogP contribution < -0.4 is 20.5 Å². The van der Waals surface area contributed by atoms with Gasteiger partial charge in [-0.25, -0.2) is 9.37 Å². The first-order valence-electron chi connectivity index (χ1n) is 9.38. The van der Waals surface area contributed by atoms with Gasteiger partial charge < -0.3 is 25.3 Å². The van der Waals surface area contributed by atoms with Gasteiger partial charge in [-0.2, -0.15) is 9.50 Å². The molecule has 9 nitrogen and oxygen atoms in total. The molecule has 0 spiro atoms. The van der Waals surface area contributed by atoms with Crippen LogP contribution in [0.15, 0.2) is 30.3 Å². The molecule has 0 fully saturated rings. The van der Waals surface area contributed by atoms with Gasteiger partial charge in [-0.05, 0) is 23.8 Å². The standard InChI is InChI=1S/C20H19FN6O3/c1-28-5-4-23-13-8-12(21)9-14-18(13)19-25-20(22)26-27(19)17(24-14)7-11-2-3-15-16(6-11)30-10-29-15/h2-3,6,8-9,23H,4-5,7,10H2,1H3,(H2,22,26). The molecule has 154 valence electrons. The lowest BCUT2D eigenvalue weighted by atomic mass is 10.1. The number of nitrogens with one attached hydrogen (secondary N) is 1. The van der Waals surface area contributed by atoms with E-state index in [1.165, 1.54) is 12.1 Å². The second kappa shape index (κ2) is 7.30. The van der Waals surface area contributed by atoms with Crippen molar-refractivity contribution in [2.75, 3.05) is 38.1 Å². The summed E-state index contributed by atoms with van der Waals surface area (Å²) in [5.41, 5.74) is 8.37. The van der Waals surface area contributed by atoms with E-state index in [4.69, 9.17) is 19.9 Å². The minimum atomic E-state index is -0.402. The zero-order chi connectivity index (χ0) is 20.7. The number of fused-ring (bicyclic) bond motifs is 4. The van der Waals surface area contributed by atoms with Gasteiger partial charge in [0.05, 0.1) is 23.2 Å². The fraction of sp³-hybridized carbons (Fsp3) is 0.250. The van der Waals surface area contributed by atoms with E-state index in [0.717, 1.165) is 5.56 Å². The fourth-order valence-electron chi connectivity index (χ4n) is 3.55. The van der Waals surface area contributed by atoms with Crippen molar-refractivity contribution in [1.82, 2.24) is 19.6 Å². The maximum atomic E-state index is 14.3. The molecule has 1 aliphatic heterocycles. The summed E-state index contributed by atoms with van der Waals surface area (Å²) in [6.07, 6.45) is 0.425. The van der Waals surface area contributed by atoms with E-state index < -0.39 is 5.82 Å². The van der Waals surface area contributed by atoms with Crippen LogP contribution in [-0.4, -0.2) is 46.6 Å². The number of hydrogen-bond acceptors (Lipinski definition) is 8. The van der Waals surface area contributed by atoms with E-state index >= 15 is 0 Å². The molecule has 10 heteroatoms. The van der Waals surface area contributed by atoms with E-state index in [-0.39, 0.29) is 12.7 Å². The number of nitrogens with zero attached hydrogens (tertiary/aromatic N) is 4. The number of halogens is 1. The Morgan fingerprint density at radius 2 is 2.07 bits per heavy atom. The molecule has 2 aromatic heterocycles.